The van der Waals surface area contributed by atoms with Crippen LogP contribution in [0.25, 0.3) is 0 Å². The minimum absolute atomic E-state index is 0.0867. The van der Waals surface area contributed by atoms with Crippen molar-refractivity contribution in [3.05, 3.63) is 34.9 Å². The molecule has 0 aliphatic carbocycles. The number of morpholine rings is 1. The van der Waals surface area contributed by atoms with Crippen LogP contribution in [-0.4, -0.2) is 47.7 Å². The molecule has 1 heterocycles. The molecule has 2 rings (SSSR count). The van der Waals surface area contributed by atoms with Crippen LogP contribution in [0.4, 0.5) is 0 Å². The van der Waals surface area contributed by atoms with Gasteiger partial charge in [0.15, 0.2) is 0 Å². The molecule has 1 aromatic carbocycles. The molecule has 5 heteroatoms. The maximum atomic E-state index is 12.6. The molecular weight excluding hydrogens is 258 g/mol. The minimum Gasteiger partial charge on any atom is -0.481 e. The summed E-state index contributed by atoms with van der Waals surface area (Å²) in [5.41, 5.74) is 2.56. The van der Waals surface area contributed by atoms with Gasteiger partial charge in [0.1, 0.15) is 0 Å². The van der Waals surface area contributed by atoms with Crippen molar-refractivity contribution in [2.45, 2.75) is 26.3 Å². The molecule has 0 saturated carbocycles. The number of hydrogen-bond acceptors (Lipinski definition) is 3. The topological polar surface area (TPSA) is 66.8 Å². The van der Waals surface area contributed by atoms with Crippen LogP contribution in [0, 0.1) is 13.8 Å². The van der Waals surface area contributed by atoms with E-state index in [9.17, 15) is 9.59 Å². The summed E-state index contributed by atoms with van der Waals surface area (Å²) >= 11 is 0. The van der Waals surface area contributed by atoms with Crippen molar-refractivity contribution in [3.63, 3.8) is 0 Å². The predicted octanol–water partition coefficient (Wildman–Crippen LogP) is 1.62. The summed E-state index contributed by atoms with van der Waals surface area (Å²) in [5.74, 6) is -1.03. The number of nitrogens with zero attached hydrogens (tertiary/aromatic N) is 1. The average Bonchev–Trinajstić information content (AvgIpc) is 2.41. The van der Waals surface area contributed by atoms with Crippen molar-refractivity contribution in [2.75, 3.05) is 19.8 Å². The maximum Gasteiger partial charge on any atom is 0.305 e. The summed E-state index contributed by atoms with van der Waals surface area (Å²) in [6.45, 7) is 4.99. The molecule has 0 bridgehead atoms. The van der Waals surface area contributed by atoms with Crippen LogP contribution in [0.3, 0.4) is 0 Å². The Morgan fingerprint density at radius 3 is 2.85 bits per heavy atom. The number of carbonyl (C=O) groups excluding carboxylic acids is 1. The molecule has 1 aliphatic rings. The highest BCUT2D eigenvalue weighted by Crippen LogP contribution is 2.18. The Labute approximate surface area is 118 Å². The summed E-state index contributed by atoms with van der Waals surface area (Å²) in [7, 11) is 0. The second-order valence-electron chi connectivity index (χ2n) is 5.14. The fourth-order valence-electron chi connectivity index (χ4n) is 2.41. The summed E-state index contributed by atoms with van der Waals surface area (Å²) in [6, 6.07) is 5.33. The van der Waals surface area contributed by atoms with E-state index in [-0.39, 0.29) is 18.9 Å². The summed E-state index contributed by atoms with van der Waals surface area (Å²) < 4.78 is 5.30. The third kappa shape index (κ3) is 3.17. The largest absolute Gasteiger partial charge is 0.481 e. The van der Waals surface area contributed by atoms with Gasteiger partial charge in [-0.3, -0.25) is 9.59 Å². The number of rotatable bonds is 3. The monoisotopic (exact) mass is 277 g/mol. The number of hydrogen-bond donors (Lipinski definition) is 1. The van der Waals surface area contributed by atoms with Crippen LogP contribution >= 0.6 is 0 Å². The number of amides is 1. The van der Waals surface area contributed by atoms with E-state index in [1.54, 1.807) is 4.90 Å². The number of carbonyl (C=O) groups is 2. The van der Waals surface area contributed by atoms with Gasteiger partial charge < -0.3 is 14.7 Å². The molecule has 0 radical (unpaired) electrons. The van der Waals surface area contributed by atoms with Crippen LogP contribution in [0.1, 0.15) is 27.9 Å². The number of aryl methyl sites for hydroxylation is 2. The second-order valence-corrected chi connectivity index (χ2v) is 5.14. The first-order chi connectivity index (χ1) is 9.49. The van der Waals surface area contributed by atoms with Gasteiger partial charge in [0.25, 0.3) is 5.91 Å². The fourth-order valence-corrected chi connectivity index (χ4v) is 2.41. The van der Waals surface area contributed by atoms with Gasteiger partial charge in [0.2, 0.25) is 0 Å². The van der Waals surface area contributed by atoms with Crippen LogP contribution in [0.2, 0.25) is 0 Å². The number of carboxylic acids is 1. The number of ether oxygens (including phenoxy) is 1. The molecular formula is C15H19NO4. The van der Waals surface area contributed by atoms with Crippen LogP contribution in [0.15, 0.2) is 18.2 Å². The van der Waals surface area contributed by atoms with E-state index >= 15 is 0 Å². The van der Waals surface area contributed by atoms with Crippen molar-refractivity contribution in [1.29, 1.82) is 0 Å². The molecule has 108 valence electrons. The molecule has 1 atom stereocenters. The molecule has 1 saturated heterocycles. The molecule has 0 spiro atoms. The zero-order valence-corrected chi connectivity index (χ0v) is 11.8. The van der Waals surface area contributed by atoms with E-state index in [2.05, 4.69) is 0 Å². The SMILES string of the molecule is Cc1ccc(C)c(C(=O)N2CCOCC2CC(=O)O)c1. The quantitative estimate of drug-likeness (QED) is 0.911. The summed E-state index contributed by atoms with van der Waals surface area (Å²) in [6.07, 6.45) is -0.0867. The molecule has 1 unspecified atom stereocenters. The first-order valence-electron chi connectivity index (χ1n) is 6.67. The standard InChI is InChI=1S/C15H19NO4/c1-10-3-4-11(2)13(7-10)15(19)16-5-6-20-9-12(16)8-14(17)18/h3-4,7,12H,5-6,8-9H2,1-2H3,(H,17,18). The smallest absolute Gasteiger partial charge is 0.305 e. The highest BCUT2D eigenvalue weighted by molar-refractivity contribution is 5.96. The van der Waals surface area contributed by atoms with Crippen LogP contribution < -0.4 is 0 Å². The van der Waals surface area contributed by atoms with E-state index in [1.807, 2.05) is 32.0 Å². The van der Waals surface area contributed by atoms with Crippen molar-refractivity contribution in [2.24, 2.45) is 0 Å². The van der Waals surface area contributed by atoms with Crippen molar-refractivity contribution in [1.82, 2.24) is 4.90 Å². The third-order valence-electron chi connectivity index (χ3n) is 3.52. The highest BCUT2D eigenvalue weighted by atomic mass is 16.5. The van der Waals surface area contributed by atoms with Crippen LogP contribution in [-0.2, 0) is 9.53 Å². The maximum absolute atomic E-state index is 12.6. The lowest BCUT2D eigenvalue weighted by Gasteiger charge is -2.35. The molecule has 0 aromatic heterocycles. The number of benzene rings is 1. The first kappa shape index (κ1) is 14.5. The van der Waals surface area contributed by atoms with Gasteiger partial charge in [-0.15, -0.1) is 0 Å². The van der Waals surface area contributed by atoms with E-state index in [4.69, 9.17) is 9.84 Å². The van der Waals surface area contributed by atoms with E-state index in [0.29, 0.717) is 18.7 Å². The van der Waals surface area contributed by atoms with Gasteiger partial charge in [-0.25, -0.2) is 0 Å². The van der Waals surface area contributed by atoms with Crippen molar-refractivity contribution < 1.29 is 19.4 Å². The van der Waals surface area contributed by atoms with Gasteiger partial charge in [0, 0.05) is 12.1 Å². The predicted molar refractivity (Wildman–Crippen MR) is 73.8 cm³/mol. The Bertz CT molecular complexity index is 527. The normalized spacial score (nSPS) is 18.9. The Morgan fingerprint density at radius 1 is 1.40 bits per heavy atom. The van der Waals surface area contributed by atoms with Crippen LogP contribution in [0.5, 0.6) is 0 Å². The lowest BCUT2D eigenvalue weighted by Crippen LogP contribution is -2.49. The fraction of sp³-hybridized carbons (Fsp3) is 0.467. The second kappa shape index (κ2) is 6.05. The Balaban J connectivity index is 2.25. The number of carboxylic acid groups (broad SMARTS) is 1. The van der Waals surface area contributed by atoms with Crippen molar-refractivity contribution in [3.8, 4) is 0 Å². The van der Waals surface area contributed by atoms with E-state index < -0.39 is 12.0 Å². The zero-order chi connectivity index (χ0) is 14.7. The summed E-state index contributed by atoms with van der Waals surface area (Å²) in [4.78, 5) is 25.2. The summed E-state index contributed by atoms with van der Waals surface area (Å²) in [5, 5.41) is 8.94. The van der Waals surface area contributed by atoms with Gasteiger partial charge in [-0.05, 0) is 25.5 Å². The lowest BCUT2D eigenvalue weighted by molar-refractivity contribution is -0.139. The molecule has 1 amide bonds. The molecule has 1 N–H and O–H groups in total. The number of aliphatic carboxylic acids is 1. The molecule has 20 heavy (non-hydrogen) atoms. The Kier molecular flexibility index (Phi) is 4.39. The van der Waals surface area contributed by atoms with Crippen molar-refractivity contribution >= 4 is 11.9 Å². The molecule has 1 aliphatic heterocycles. The molecule has 5 nitrogen and oxygen atoms in total. The third-order valence-corrected chi connectivity index (χ3v) is 3.52. The minimum atomic E-state index is -0.917. The van der Waals surface area contributed by atoms with Gasteiger partial charge in [-0.1, -0.05) is 17.7 Å². The Hall–Kier alpha value is -1.88. The van der Waals surface area contributed by atoms with Gasteiger partial charge >= 0.3 is 5.97 Å². The van der Waals surface area contributed by atoms with Gasteiger partial charge in [0.05, 0.1) is 25.7 Å². The highest BCUT2D eigenvalue weighted by Gasteiger charge is 2.30. The first-order valence-corrected chi connectivity index (χ1v) is 6.67. The lowest BCUT2D eigenvalue weighted by atomic mass is 10.0. The zero-order valence-electron chi connectivity index (χ0n) is 11.8. The Morgan fingerprint density at radius 2 is 2.15 bits per heavy atom. The molecule has 1 aromatic rings. The average molecular weight is 277 g/mol. The molecule has 1 fully saturated rings. The van der Waals surface area contributed by atoms with E-state index in [1.165, 1.54) is 0 Å². The van der Waals surface area contributed by atoms with Gasteiger partial charge in [-0.2, -0.15) is 0 Å². The van der Waals surface area contributed by atoms with E-state index in [0.717, 1.165) is 11.1 Å².